The zero-order valence-electron chi connectivity index (χ0n) is 12.6. The summed E-state index contributed by atoms with van der Waals surface area (Å²) in [6.45, 7) is 4.57. The van der Waals surface area contributed by atoms with Gasteiger partial charge in [0.25, 0.3) is 0 Å². The van der Waals surface area contributed by atoms with Gasteiger partial charge in [0.05, 0.1) is 6.54 Å². The number of rotatable bonds is 5. The number of carbonyl (C=O) groups is 2. The summed E-state index contributed by atoms with van der Waals surface area (Å²) in [6.07, 6.45) is 1.94. The maximum atomic E-state index is 12.2. The van der Waals surface area contributed by atoms with Gasteiger partial charge < -0.3 is 10.4 Å². The molecule has 0 aromatic heterocycles. The van der Waals surface area contributed by atoms with Crippen molar-refractivity contribution >= 4 is 17.6 Å². The topological polar surface area (TPSA) is 69.6 Å². The number of amides is 1. The lowest BCUT2D eigenvalue weighted by Crippen LogP contribution is -2.52. The average molecular weight is 290 g/mol. The number of carbonyl (C=O) groups excluding carboxylic acids is 1. The van der Waals surface area contributed by atoms with E-state index < -0.39 is 11.5 Å². The summed E-state index contributed by atoms with van der Waals surface area (Å²) in [5.74, 6) is -0.989. The fourth-order valence-corrected chi connectivity index (χ4v) is 3.03. The van der Waals surface area contributed by atoms with Crippen LogP contribution in [0.15, 0.2) is 24.3 Å². The van der Waals surface area contributed by atoms with Crippen LogP contribution >= 0.6 is 0 Å². The molecular formula is C16H22N2O3. The van der Waals surface area contributed by atoms with Crippen molar-refractivity contribution in [3.8, 4) is 0 Å². The number of hydrogen-bond acceptors (Lipinski definition) is 3. The molecule has 1 fully saturated rings. The summed E-state index contributed by atoms with van der Waals surface area (Å²) < 4.78 is 0. The van der Waals surface area contributed by atoms with Crippen LogP contribution < -0.4 is 5.32 Å². The number of carboxylic acids is 1. The molecule has 0 radical (unpaired) electrons. The molecule has 0 saturated carbocycles. The van der Waals surface area contributed by atoms with E-state index in [-0.39, 0.29) is 12.5 Å². The number of nitrogens with one attached hydrogen (secondary N) is 1. The van der Waals surface area contributed by atoms with Gasteiger partial charge in [0.2, 0.25) is 5.91 Å². The van der Waals surface area contributed by atoms with E-state index in [4.69, 9.17) is 0 Å². The Morgan fingerprint density at radius 1 is 1.38 bits per heavy atom. The number of anilines is 1. The first-order valence-electron chi connectivity index (χ1n) is 7.33. The molecule has 1 aromatic rings. The number of aliphatic carboxylic acids is 1. The molecule has 1 aliphatic heterocycles. The molecule has 5 heteroatoms. The molecule has 0 spiro atoms. The Kier molecular flexibility index (Phi) is 4.63. The second-order valence-corrected chi connectivity index (χ2v) is 5.58. The first kappa shape index (κ1) is 15.5. The molecular weight excluding hydrogens is 268 g/mol. The van der Waals surface area contributed by atoms with Crippen LogP contribution in [0.2, 0.25) is 0 Å². The number of benzene rings is 1. The number of nitrogens with zero attached hydrogens (tertiary/aromatic N) is 1. The van der Waals surface area contributed by atoms with Crippen molar-refractivity contribution in [1.82, 2.24) is 4.90 Å². The minimum atomic E-state index is -0.886. The van der Waals surface area contributed by atoms with Crippen molar-refractivity contribution in [3.63, 3.8) is 0 Å². The minimum Gasteiger partial charge on any atom is -0.480 e. The summed E-state index contributed by atoms with van der Waals surface area (Å²) in [6, 6.07) is 7.56. The Balaban J connectivity index is 2.06. The van der Waals surface area contributed by atoms with Gasteiger partial charge in [-0.1, -0.05) is 25.1 Å². The van der Waals surface area contributed by atoms with Crippen LogP contribution in [-0.2, 0) is 9.59 Å². The molecule has 21 heavy (non-hydrogen) atoms. The lowest BCUT2D eigenvalue weighted by molar-refractivity contribution is -0.150. The zero-order valence-corrected chi connectivity index (χ0v) is 12.6. The van der Waals surface area contributed by atoms with E-state index in [9.17, 15) is 14.7 Å². The Bertz CT molecular complexity index is 544. The smallest absolute Gasteiger partial charge is 0.324 e. The van der Waals surface area contributed by atoms with Gasteiger partial charge in [-0.3, -0.25) is 14.5 Å². The molecule has 1 saturated heterocycles. The first-order chi connectivity index (χ1) is 9.99. The fraction of sp³-hybridized carbons (Fsp3) is 0.500. The molecule has 1 amide bonds. The van der Waals surface area contributed by atoms with Crippen LogP contribution in [0.1, 0.15) is 31.7 Å². The van der Waals surface area contributed by atoms with Crippen molar-refractivity contribution < 1.29 is 14.7 Å². The first-order valence-corrected chi connectivity index (χ1v) is 7.33. The predicted molar refractivity (Wildman–Crippen MR) is 81.3 cm³/mol. The summed E-state index contributed by atoms with van der Waals surface area (Å²) in [7, 11) is 0. The fourth-order valence-electron chi connectivity index (χ4n) is 3.03. The molecule has 5 nitrogen and oxygen atoms in total. The average Bonchev–Trinajstić information content (AvgIpc) is 2.85. The van der Waals surface area contributed by atoms with Gasteiger partial charge in [-0.2, -0.15) is 0 Å². The van der Waals surface area contributed by atoms with E-state index in [1.54, 1.807) is 4.90 Å². The van der Waals surface area contributed by atoms with Crippen molar-refractivity contribution in [2.75, 3.05) is 18.4 Å². The van der Waals surface area contributed by atoms with E-state index in [0.29, 0.717) is 19.4 Å². The van der Waals surface area contributed by atoms with Gasteiger partial charge in [0, 0.05) is 5.69 Å². The number of para-hydroxylation sites is 1. The highest BCUT2D eigenvalue weighted by molar-refractivity contribution is 5.93. The minimum absolute atomic E-state index is 0.120. The second-order valence-electron chi connectivity index (χ2n) is 5.58. The molecule has 2 rings (SSSR count). The standard InChI is InChI=1S/C16H22N2O3/c1-3-16(15(20)21)9-6-10-18(16)11-14(19)17-13-8-5-4-7-12(13)2/h4-5,7-8H,3,6,9-11H2,1-2H3,(H,17,19)(H,20,21). The molecule has 1 atom stereocenters. The lowest BCUT2D eigenvalue weighted by Gasteiger charge is -2.33. The van der Waals surface area contributed by atoms with E-state index in [2.05, 4.69) is 5.32 Å². The zero-order chi connectivity index (χ0) is 15.5. The van der Waals surface area contributed by atoms with E-state index in [1.807, 2.05) is 38.1 Å². The summed E-state index contributed by atoms with van der Waals surface area (Å²) >= 11 is 0. The maximum absolute atomic E-state index is 12.2. The summed E-state index contributed by atoms with van der Waals surface area (Å²) in [5, 5.41) is 12.4. The van der Waals surface area contributed by atoms with Crippen molar-refractivity contribution in [2.24, 2.45) is 0 Å². The number of aryl methyl sites for hydroxylation is 1. The molecule has 0 bridgehead atoms. The quantitative estimate of drug-likeness (QED) is 0.872. The monoisotopic (exact) mass is 290 g/mol. The van der Waals surface area contributed by atoms with Crippen LogP contribution in [0.5, 0.6) is 0 Å². The van der Waals surface area contributed by atoms with Gasteiger partial charge in [-0.05, 0) is 44.4 Å². The van der Waals surface area contributed by atoms with Gasteiger partial charge in [0.1, 0.15) is 5.54 Å². The van der Waals surface area contributed by atoms with Crippen LogP contribution in [0.25, 0.3) is 0 Å². The second kappa shape index (κ2) is 6.26. The maximum Gasteiger partial charge on any atom is 0.324 e. The van der Waals surface area contributed by atoms with Crippen molar-refractivity contribution in [2.45, 2.75) is 38.6 Å². The largest absolute Gasteiger partial charge is 0.480 e. The highest BCUT2D eigenvalue weighted by Gasteiger charge is 2.46. The van der Waals surface area contributed by atoms with Crippen LogP contribution in [0.3, 0.4) is 0 Å². The van der Waals surface area contributed by atoms with Crippen molar-refractivity contribution in [3.05, 3.63) is 29.8 Å². The van der Waals surface area contributed by atoms with Gasteiger partial charge in [-0.25, -0.2) is 0 Å². The number of likely N-dealkylation sites (tertiary alicyclic amines) is 1. The van der Waals surface area contributed by atoms with E-state index >= 15 is 0 Å². The Morgan fingerprint density at radius 2 is 2.10 bits per heavy atom. The lowest BCUT2D eigenvalue weighted by atomic mass is 9.93. The molecule has 0 aliphatic carbocycles. The molecule has 114 valence electrons. The van der Waals surface area contributed by atoms with E-state index in [1.165, 1.54) is 0 Å². The van der Waals surface area contributed by atoms with Crippen LogP contribution in [-0.4, -0.2) is 40.5 Å². The molecule has 1 unspecified atom stereocenters. The molecule has 1 heterocycles. The third-order valence-corrected chi connectivity index (χ3v) is 4.36. The summed E-state index contributed by atoms with van der Waals surface area (Å²) in [5.41, 5.74) is 0.884. The van der Waals surface area contributed by atoms with Gasteiger partial charge in [0.15, 0.2) is 0 Å². The van der Waals surface area contributed by atoms with Gasteiger partial charge >= 0.3 is 5.97 Å². The molecule has 1 aliphatic rings. The SMILES string of the molecule is CCC1(C(=O)O)CCCN1CC(=O)Nc1ccccc1C. The predicted octanol–water partition coefficient (Wildman–Crippen LogP) is 2.26. The number of carboxylic acid groups (broad SMARTS) is 1. The van der Waals surface area contributed by atoms with E-state index in [0.717, 1.165) is 17.7 Å². The molecule has 2 N–H and O–H groups in total. The normalized spacial score (nSPS) is 22.2. The number of hydrogen-bond donors (Lipinski definition) is 2. The Labute approximate surface area is 125 Å². The van der Waals surface area contributed by atoms with Gasteiger partial charge in [-0.15, -0.1) is 0 Å². The summed E-state index contributed by atoms with van der Waals surface area (Å²) in [4.78, 5) is 25.6. The highest BCUT2D eigenvalue weighted by Crippen LogP contribution is 2.32. The highest BCUT2D eigenvalue weighted by atomic mass is 16.4. The van der Waals surface area contributed by atoms with Crippen LogP contribution in [0.4, 0.5) is 5.69 Å². The van der Waals surface area contributed by atoms with Crippen LogP contribution in [0, 0.1) is 6.92 Å². The van der Waals surface area contributed by atoms with Crippen molar-refractivity contribution in [1.29, 1.82) is 0 Å². The third-order valence-electron chi connectivity index (χ3n) is 4.36. The Morgan fingerprint density at radius 3 is 2.71 bits per heavy atom. The third kappa shape index (κ3) is 3.08. The molecule has 1 aromatic carbocycles. The Hall–Kier alpha value is -1.88.